The summed E-state index contributed by atoms with van der Waals surface area (Å²) >= 11 is 6.33. The van der Waals surface area contributed by atoms with Crippen LogP contribution >= 0.6 is 11.6 Å². The molecule has 0 bridgehead atoms. The van der Waals surface area contributed by atoms with Gasteiger partial charge in [-0.25, -0.2) is 27.1 Å². The van der Waals surface area contributed by atoms with Crippen molar-refractivity contribution in [3.05, 3.63) is 35.0 Å². The molecule has 1 aliphatic heterocycles. The Hall–Kier alpha value is -2.04. The van der Waals surface area contributed by atoms with Crippen LogP contribution in [0.4, 0.5) is 4.39 Å². The smallest absolute Gasteiger partial charge is 0.216 e. The minimum Gasteiger partial charge on any atom is -0.355 e. The second-order valence-corrected chi connectivity index (χ2v) is 9.63. The molecule has 2 aromatic rings. The van der Waals surface area contributed by atoms with Crippen LogP contribution in [0.3, 0.4) is 0 Å². The van der Waals surface area contributed by atoms with Gasteiger partial charge in [0.1, 0.15) is 11.5 Å². The predicted octanol–water partition coefficient (Wildman–Crippen LogP) is 2.16. The van der Waals surface area contributed by atoms with Gasteiger partial charge in [-0.05, 0) is 24.5 Å². The standard InChI is InChI=1S/C18H23ClFN5O3S/c1-11-10-25(29(27,28)8-6-21-12(2)26)7-5-14(11)16-17(19)24-18(23-16)15-4-3-13(20)9-22-15/h3-4,9,11,14H,5-8,10H2,1-2H3,(H,21,26)(H,23,24)/t11-,14+/m0/s1. The zero-order valence-corrected chi connectivity index (χ0v) is 17.7. The van der Waals surface area contributed by atoms with E-state index in [1.807, 2.05) is 6.92 Å². The Morgan fingerprint density at radius 2 is 2.21 bits per heavy atom. The van der Waals surface area contributed by atoms with Crippen molar-refractivity contribution in [3.63, 3.8) is 0 Å². The number of halogens is 2. The SMILES string of the molecule is CC(=O)NCCS(=O)(=O)N1CC[C@@H](c2[nH]c(-c3ccc(F)cn3)nc2Cl)[C@@H](C)C1. The molecule has 0 unspecified atom stereocenters. The number of nitrogens with zero attached hydrogens (tertiary/aromatic N) is 3. The van der Waals surface area contributed by atoms with E-state index in [4.69, 9.17) is 11.6 Å². The maximum atomic E-state index is 13.1. The summed E-state index contributed by atoms with van der Waals surface area (Å²) in [5.74, 6) is -0.366. The van der Waals surface area contributed by atoms with Crippen LogP contribution in [0, 0.1) is 11.7 Å². The highest BCUT2D eigenvalue weighted by Gasteiger charge is 2.35. The van der Waals surface area contributed by atoms with E-state index in [1.165, 1.54) is 23.4 Å². The van der Waals surface area contributed by atoms with Gasteiger partial charge in [0.25, 0.3) is 0 Å². The number of sulfonamides is 1. The van der Waals surface area contributed by atoms with Crippen LogP contribution in [-0.4, -0.2) is 59.0 Å². The number of H-pyrrole nitrogens is 1. The van der Waals surface area contributed by atoms with Crippen molar-refractivity contribution >= 4 is 27.5 Å². The number of pyridine rings is 1. The van der Waals surface area contributed by atoms with Gasteiger partial charge < -0.3 is 10.3 Å². The molecule has 2 N–H and O–H groups in total. The molecule has 3 heterocycles. The van der Waals surface area contributed by atoms with Gasteiger partial charge in [-0.15, -0.1) is 0 Å². The molecule has 1 saturated heterocycles. The Bertz CT molecular complexity index is 980. The van der Waals surface area contributed by atoms with Gasteiger partial charge in [0.15, 0.2) is 11.0 Å². The van der Waals surface area contributed by atoms with Crippen LogP contribution in [0.15, 0.2) is 18.3 Å². The summed E-state index contributed by atoms with van der Waals surface area (Å²) in [6, 6.07) is 2.81. The molecular formula is C18H23ClFN5O3S. The minimum absolute atomic E-state index is 0.00555. The van der Waals surface area contributed by atoms with Crippen molar-refractivity contribution in [1.29, 1.82) is 0 Å². The molecule has 3 rings (SSSR count). The molecule has 0 spiro atoms. The van der Waals surface area contributed by atoms with Gasteiger partial charge in [-0.3, -0.25) is 4.79 Å². The molecule has 0 radical (unpaired) electrons. The molecule has 1 amide bonds. The third-order valence-corrected chi connectivity index (χ3v) is 7.15. The number of hydrogen-bond acceptors (Lipinski definition) is 5. The number of aromatic nitrogens is 3. The first-order chi connectivity index (χ1) is 13.7. The Morgan fingerprint density at radius 1 is 1.45 bits per heavy atom. The monoisotopic (exact) mass is 443 g/mol. The topological polar surface area (TPSA) is 108 Å². The second kappa shape index (κ2) is 8.76. The van der Waals surface area contributed by atoms with Gasteiger partial charge in [-0.2, -0.15) is 0 Å². The average Bonchev–Trinajstić information content (AvgIpc) is 3.03. The highest BCUT2D eigenvalue weighted by atomic mass is 35.5. The summed E-state index contributed by atoms with van der Waals surface area (Å²) in [5.41, 5.74) is 1.21. The average molecular weight is 444 g/mol. The van der Waals surface area contributed by atoms with Crippen LogP contribution in [-0.2, 0) is 14.8 Å². The van der Waals surface area contributed by atoms with Crippen LogP contribution in [0.5, 0.6) is 0 Å². The van der Waals surface area contributed by atoms with E-state index in [1.54, 1.807) is 0 Å². The fraction of sp³-hybridized carbons (Fsp3) is 0.500. The number of carbonyl (C=O) groups is 1. The number of aromatic amines is 1. The van der Waals surface area contributed by atoms with Gasteiger partial charge in [0, 0.05) is 32.5 Å². The first kappa shape index (κ1) is 21.7. The number of nitrogens with one attached hydrogen (secondary N) is 2. The van der Waals surface area contributed by atoms with Crippen molar-refractivity contribution < 1.29 is 17.6 Å². The summed E-state index contributed by atoms with van der Waals surface area (Å²) < 4.78 is 39.6. The number of hydrogen-bond donors (Lipinski definition) is 2. The summed E-state index contributed by atoms with van der Waals surface area (Å²) in [5, 5.41) is 2.82. The van der Waals surface area contributed by atoms with Crippen LogP contribution < -0.4 is 5.32 Å². The molecule has 11 heteroatoms. The molecule has 0 aliphatic carbocycles. The van der Waals surface area contributed by atoms with Crippen molar-refractivity contribution in [2.24, 2.45) is 5.92 Å². The molecule has 1 aliphatic rings. The third-order valence-electron chi connectivity index (χ3n) is 5.02. The van der Waals surface area contributed by atoms with Gasteiger partial charge in [-0.1, -0.05) is 18.5 Å². The molecule has 2 aromatic heterocycles. The maximum absolute atomic E-state index is 13.1. The van der Waals surface area contributed by atoms with Crippen LogP contribution in [0.1, 0.15) is 31.9 Å². The number of amides is 1. The summed E-state index contributed by atoms with van der Waals surface area (Å²) in [6.07, 6.45) is 1.69. The summed E-state index contributed by atoms with van der Waals surface area (Å²) in [4.78, 5) is 22.4. The largest absolute Gasteiger partial charge is 0.355 e. The molecular weight excluding hydrogens is 421 g/mol. The van der Waals surface area contributed by atoms with E-state index in [0.717, 1.165) is 11.9 Å². The zero-order valence-electron chi connectivity index (χ0n) is 16.2. The Labute approximate surface area is 173 Å². The number of imidazole rings is 1. The van der Waals surface area contributed by atoms with E-state index >= 15 is 0 Å². The quantitative estimate of drug-likeness (QED) is 0.711. The first-order valence-electron chi connectivity index (χ1n) is 9.27. The van der Waals surface area contributed by atoms with Crippen molar-refractivity contribution in [2.45, 2.75) is 26.2 Å². The van der Waals surface area contributed by atoms with Gasteiger partial charge in [0.2, 0.25) is 15.9 Å². The Kier molecular flexibility index (Phi) is 6.55. The fourth-order valence-electron chi connectivity index (χ4n) is 3.52. The fourth-order valence-corrected chi connectivity index (χ4v) is 5.26. The number of rotatable bonds is 6. The van der Waals surface area contributed by atoms with E-state index in [2.05, 4.69) is 20.3 Å². The third kappa shape index (κ3) is 5.12. The van der Waals surface area contributed by atoms with Crippen molar-refractivity contribution in [2.75, 3.05) is 25.4 Å². The van der Waals surface area contributed by atoms with E-state index < -0.39 is 15.8 Å². The van der Waals surface area contributed by atoms with Gasteiger partial charge in [0.05, 0.1) is 17.6 Å². The summed E-state index contributed by atoms with van der Waals surface area (Å²) in [6.45, 7) is 4.12. The van der Waals surface area contributed by atoms with Crippen LogP contribution in [0.2, 0.25) is 5.15 Å². The van der Waals surface area contributed by atoms with E-state index in [9.17, 15) is 17.6 Å². The molecule has 0 saturated carbocycles. The molecule has 8 nitrogen and oxygen atoms in total. The first-order valence-corrected chi connectivity index (χ1v) is 11.3. The number of piperidine rings is 1. The van der Waals surface area contributed by atoms with E-state index in [0.29, 0.717) is 36.2 Å². The highest BCUT2D eigenvalue weighted by Crippen LogP contribution is 2.37. The summed E-state index contributed by atoms with van der Waals surface area (Å²) in [7, 11) is -3.46. The van der Waals surface area contributed by atoms with E-state index in [-0.39, 0.29) is 30.0 Å². The normalized spacial score (nSPS) is 20.6. The molecule has 1 fully saturated rings. The lowest BCUT2D eigenvalue weighted by atomic mass is 9.86. The second-order valence-electron chi connectivity index (χ2n) is 7.18. The minimum atomic E-state index is -3.46. The lowest BCUT2D eigenvalue weighted by molar-refractivity contribution is -0.118. The lowest BCUT2D eigenvalue weighted by Gasteiger charge is -2.35. The lowest BCUT2D eigenvalue weighted by Crippen LogP contribution is -2.44. The van der Waals surface area contributed by atoms with Crippen molar-refractivity contribution in [3.8, 4) is 11.5 Å². The van der Waals surface area contributed by atoms with Gasteiger partial charge >= 0.3 is 0 Å². The predicted molar refractivity (Wildman–Crippen MR) is 107 cm³/mol. The molecule has 2 atom stereocenters. The molecule has 29 heavy (non-hydrogen) atoms. The van der Waals surface area contributed by atoms with Crippen molar-refractivity contribution in [1.82, 2.24) is 24.6 Å². The number of carbonyl (C=O) groups excluding carboxylic acids is 1. The zero-order chi connectivity index (χ0) is 21.2. The maximum Gasteiger partial charge on any atom is 0.216 e. The molecule has 158 valence electrons. The van der Waals surface area contributed by atoms with Crippen LogP contribution in [0.25, 0.3) is 11.5 Å². The molecule has 0 aromatic carbocycles. The Balaban J connectivity index is 1.70. The Morgan fingerprint density at radius 3 is 2.83 bits per heavy atom. The highest BCUT2D eigenvalue weighted by molar-refractivity contribution is 7.89.